The highest BCUT2D eigenvalue weighted by atomic mass is 16.5. The number of nitrogens with one attached hydrogen (secondary N) is 1. The number of benzene rings is 2. The van der Waals surface area contributed by atoms with Crippen molar-refractivity contribution >= 4 is 5.91 Å². The van der Waals surface area contributed by atoms with E-state index >= 15 is 0 Å². The molecule has 0 spiro atoms. The molecule has 0 aliphatic heterocycles. The minimum atomic E-state index is -1.16. The van der Waals surface area contributed by atoms with Crippen LogP contribution in [0.25, 0.3) is 0 Å². The van der Waals surface area contributed by atoms with Crippen molar-refractivity contribution in [1.82, 2.24) is 5.32 Å². The van der Waals surface area contributed by atoms with Crippen molar-refractivity contribution < 1.29 is 14.6 Å². The molecule has 2 aromatic carbocycles. The SMILES string of the molecule is CC(C)Oc1cccc(CNC(=O)[C@H](O)c2ccccc2)c1. The Morgan fingerprint density at radius 2 is 1.86 bits per heavy atom. The van der Waals surface area contributed by atoms with Crippen LogP contribution in [-0.4, -0.2) is 17.1 Å². The predicted molar refractivity (Wildman–Crippen MR) is 85.5 cm³/mol. The van der Waals surface area contributed by atoms with Gasteiger partial charge in [-0.2, -0.15) is 0 Å². The maximum Gasteiger partial charge on any atom is 0.253 e. The van der Waals surface area contributed by atoms with Crippen molar-refractivity contribution in [3.63, 3.8) is 0 Å². The van der Waals surface area contributed by atoms with E-state index in [1.165, 1.54) is 0 Å². The summed E-state index contributed by atoms with van der Waals surface area (Å²) >= 11 is 0. The Hall–Kier alpha value is -2.33. The van der Waals surface area contributed by atoms with E-state index in [0.717, 1.165) is 11.3 Å². The molecule has 0 saturated carbocycles. The predicted octanol–water partition coefficient (Wildman–Crippen LogP) is 2.82. The van der Waals surface area contributed by atoms with Crippen LogP contribution in [-0.2, 0) is 11.3 Å². The lowest BCUT2D eigenvalue weighted by Gasteiger charge is -2.13. The van der Waals surface area contributed by atoms with Crippen LogP contribution in [0.5, 0.6) is 5.75 Å². The third-order valence-corrected chi connectivity index (χ3v) is 3.10. The van der Waals surface area contributed by atoms with Gasteiger partial charge in [0.1, 0.15) is 5.75 Å². The van der Waals surface area contributed by atoms with Crippen molar-refractivity contribution in [3.05, 3.63) is 65.7 Å². The number of aliphatic hydroxyl groups excluding tert-OH is 1. The van der Waals surface area contributed by atoms with Crippen molar-refractivity contribution in [3.8, 4) is 5.75 Å². The quantitative estimate of drug-likeness (QED) is 0.862. The second kappa shape index (κ2) is 7.61. The zero-order valence-corrected chi connectivity index (χ0v) is 12.8. The van der Waals surface area contributed by atoms with Gasteiger partial charge in [0.2, 0.25) is 0 Å². The number of carbonyl (C=O) groups excluding carboxylic acids is 1. The molecule has 2 N–H and O–H groups in total. The Morgan fingerprint density at radius 1 is 1.14 bits per heavy atom. The third kappa shape index (κ3) is 4.60. The molecular weight excluding hydrogens is 278 g/mol. The monoisotopic (exact) mass is 299 g/mol. The summed E-state index contributed by atoms with van der Waals surface area (Å²) in [5, 5.41) is 12.7. The summed E-state index contributed by atoms with van der Waals surface area (Å²) in [6.45, 7) is 4.27. The smallest absolute Gasteiger partial charge is 0.253 e. The molecule has 4 nitrogen and oxygen atoms in total. The normalized spacial score (nSPS) is 12.0. The van der Waals surface area contributed by atoms with Crippen LogP contribution in [0.15, 0.2) is 54.6 Å². The van der Waals surface area contributed by atoms with Crippen molar-refractivity contribution in [2.45, 2.75) is 32.6 Å². The fourth-order valence-electron chi connectivity index (χ4n) is 2.07. The average Bonchev–Trinajstić information content (AvgIpc) is 2.52. The van der Waals surface area contributed by atoms with Gasteiger partial charge in [0, 0.05) is 6.54 Å². The van der Waals surface area contributed by atoms with Crippen LogP contribution >= 0.6 is 0 Å². The first-order chi connectivity index (χ1) is 10.6. The molecule has 0 bridgehead atoms. The lowest BCUT2D eigenvalue weighted by molar-refractivity contribution is -0.129. The van der Waals surface area contributed by atoms with Gasteiger partial charge in [0.05, 0.1) is 6.10 Å². The van der Waals surface area contributed by atoms with E-state index in [4.69, 9.17) is 4.74 Å². The molecule has 4 heteroatoms. The third-order valence-electron chi connectivity index (χ3n) is 3.10. The molecule has 0 aliphatic carbocycles. The molecule has 0 fully saturated rings. The number of ether oxygens (including phenoxy) is 1. The van der Waals surface area contributed by atoms with Gasteiger partial charge in [0.15, 0.2) is 6.10 Å². The Bertz CT molecular complexity index is 611. The number of rotatable bonds is 6. The van der Waals surface area contributed by atoms with E-state index in [0.29, 0.717) is 12.1 Å². The highest BCUT2D eigenvalue weighted by Gasteiger charge is 2.16. The minimum absolute atomic E-state index is 0.102. The van der Waals surface area contributed by atoms with Gasteiger partial charge in [-0.05, 0) is 37.1 Å². The molecule has 0 saturated heterocycles. The van der Waals surface area contributed by atoms with Crippen molar-refractivity contribution in [2.75, 3.05) is 0 Å². The van der Waals surface area contributed by atoms with E-state index in [2.05, 4.69) is 5.32 Å². The average molecular weight is 299 g/mol. The summed E-state index contributed by atoms with van der Waals surface area (Å²) in [4.78, 5) is 12.0. The number of amides is 1. The van der Waals surface area contributed by atoms with Gasteiger partial charge in [-0.15, -0.1) is 0 Å². The van der Waals surface area contributed by atoms with Crippen molar-refractivity contribution in [2.24, 2.45) is 0 Å². The zero-order chi connectivity index (χ0) is 15.9. The number of aliphatic hydroxyl groups is 1. The largest absolute Gasteiger partial charge is 0.491 e. The van der Waals surface area contributed by atoms with Crippen LogP contribution < -0.4 is 10.1 Å². The van der Waals surface area contributed by atoms with Crippen molar-refractivity contribution in [1.29, 1.82) is 0 Å². The summed E-state index contributed by atoms with van der Waals surface area (Å²) in [6.07, 6.45) is -1.05. The van der Waals surface area contributed by atoms with Gasteiger partial charge in [-0.25, -0.2) is 0 Å². The molecule has 0 heterocycles. The summed E-state index contributed by atoms with van der Waals surface area (Å²) < 4.78 is 5.62. The fraction of sp³-hybridized carbons (Fsp3) is 0.278. The highest BCUT2D eigenvalue weighted by Crippen LogP contribution is 2.16. The number of hydrogen-bond donors (Lipinski definition) is 2. The summed E-state index contributed by atoms with van der Waals surface area (Å²) in [7, 11) is 0. The maximum atomic E-state index is 12.0. The molecule has 2 rings (SSSR count). The molecule has 0 unspecified atom stereocenters. The first kappa shape index (κ1) is 16.0. The molecule has 0 aromatic heterocycles. The topological polar surface area (TPSA) is 58.6 Å². The van der Waals surface area contributed by atoms with E-state index in [1.54, 1.807) is 24.3 Å². The van der Waals surface area contributed by atoms with E-state index < -0.39 is 12.0 Å². The van der Waals surface area contributed by atoms with Gasteiger partial charge in [-0.3, -0.25) is 4.79 Å². The second-order valence-electron chi connectivity index (χ2n) is 5.35. The molecule has 2 aromatic rings. The fourth-order valence-corrected chi connectivity index (χ4v) is 2.07. The van der Waals surface area contributed by atoms with Gasteiger partial charge < -0.3 is 15.2 Å². The molecule has 1 atom stereocenters. The van der Waals surface area contributed by atoms with E-state index in [-0.39, 0.29) is 6.10 Å². The van der Waals surface area contributed by atoms with E-state index in [9.17, 15) is 9.90 Å². The van der Waals surface area contributed by atoms with Crippen LogP contribution in [0.2, 0.25) is 0 Å². The minimum Gasteiger partial charge on any atom is -0.491 e. The molecule has 22 heavy (non-hydrogen) atoms. The second-order valence-corrected chi connectivity index (χ2v) is 5.35. The standard InChI is InChI=1S/C18H21NO3/c1-13(2)22-16-10-6-7-14(11-16)12-19-18(21)17(20)15-8-4-3-5-9-15/h3-11,13,17,20H,12H2,1-2H3,(H,19,21)/t17-/m1/s1. The summed E-state index contributed by atoms with van der Waals surface area (Å²) in [6, 6.07) is 16.4. The Balaban J connectivity index is 1.93. The first-order valence-electron chi connectivity index (χ1n) is 7.32. The first-order valence-corrected chi connectivity index (χ1v) is 7.32. The van der Waals surface area contributed by atoms with Gasteiger partial charge >= 0.3 is 0 Å². The molecule has 116 valence electrons. The molecule has 0 aliphatic rings. The van der Waals surface area contributed by atoms with Crippen LogP contribution in [0.1, 0.15) is 31.1 Å². The number of hydrogen-bond acceptors (Lipinski definition) is 3. The Labute approximate surface area is 130 Å². The number of carbonyl (C=O) groups is 1. The van der Waals surface area contributed by atoms with Gasteiger partial charge in [-0.1, -0.05) is 42.5 Å². The Morgan fingerprint density at radius 3 is 2.55 bits per heavy atom. The maximum absolute atomic E-state index is 12.0. The molecule has 0 radical (unpaired) electrons. The van der Waals surface area contributed by atoms with Crippen LogP contribution in [0.4, 0.5) is 0 Å². The molecular formula is C18H21NO3. The summed E-state index contributed by atoms with van der Waals surface area (Å²) in [5.41, 5.74) is 1.50. The van der Waals surface area contributed by atoms with Crippen LogP contribution in [0, 0.1) is 0 Å². The highest BCUT2D eigenvalue weighted by molar-refractivity contribution is 5.81. The lowest BCUT2D eigenvalue weighted by Crippen LogP contribution is -2.28. The molecule has 1 amide bonds. The van der Waals surface area contributed by atoms with Crippen LogP contribution in [0.3, 0.4) is 0 Å². The summed E-state index contributed by atoms with van der Waals surface area (Å²) in [5.74, 6) is 0.353. The van der Waals surface area contributed by atoms with E-state index in [1.807, 2.05) is 44.2 Å². The van der Waals surface area contributed by atoms with Gasteiger partial charge in [0.25, 0.3) is 5.91 Å². The Kier molecular flexibility index (Phi) is 5.55. The zero-order valence-electron chi connectivity index (χ0n) is 12.8. The lowest BCUT2D eigenvalue weighted by atomic mass is 10.1.